The summed E-state index contributed by atoms with van der Waals surface area (Å²) in [6, 6.07) is 15.0. The molecule has 0 spiro atoms. The topological polar surface area (TPSA) is 51.2 Å². The monoisotopic (exact) mass is 402 g/mol. The van der Waals surface area contributed by atoms with Gasteiger partial charge in [0.25, 0.3) is 5.91 Å². The first kappa shape index (κ1) is 16.7. The van der Waals surface area contributed by atoms with Crippen molar-refractivity contribution >= 4 is 33.2 Å². The van der Waals surface area contributed by atoms with E-state index in [0.717, 1.165) is 26.5 Å². The minimum atomic E-state index is -0.108. The van der Waals surface area contributed by atoms with Gasteiger partial charge in [-0.1, -0.05) is 15.9 Å². The Labute approximate surface area is 152 Å². The molecule has 0 radical (unpaired) electrons. The highest BCUT2D eigenvalue weighted by atomic mass is 79.9. The number of carbonyl (C=O) groups is 1. The maximum Gasteiger partial charge on any atom is 0.251 e. The molecule has 0 bridgehead atoms. The lowest BCUT2D eigenvalue weighted by molar-refractivity contribution is 0.0951. The van der Waals surface area contributed by atoms with Crippen LogP contribution in [-0.2, 0) is 6.54 Å². The fraction of sp³-hybridized carbons (Fsp3) is 0.111. The van der Waals surface area contributed by atoms with Crippen molar-refractivity contribution in [3.63, 3.8) is 0 Å². The van der Waals surface area contributed by atoms with Crippen molar-refractivity contribution in [2.45, 2.75) is 6.54 Å². The van der Waals surface area contributed by atoms with E-state index in [0.29, 0.717) is 12.1 Å². The Morgan fingerprint density at radius 1 is 1.17 bits per heavy atom. The predicted octanol–water partition coefficient (Wildman–Crippen LogP) is 4.51. The first-order chi connectivity index (χ1) is 11.7. The van der Waals surface area contributed by atoms with E-state index in [1.54, 1.807) is 19.2 Å². The number of hydrogen-bond donors (Lipinski definition) is 1. The van der Waals surface area contributed by atoms with Gasteiger partial charge >= 0.3 is 0 Å². The molecule has 24 heavy (non-hydrogen) atoms. The number of carbonyl (C=O) groups excluding carboxylic acids is 1. The Bertz CT molecular complexity index is 829. The van der Waals surface area contributed by atoms with Crippen molar-refractivity contribution in [1.29, 1.82) is 0 Å². The zero-order valence-corrected chi connectivity index (χ0v) is 15.4. The Balaban J connectivity index is 1.63. The van der Waals surface area contributed by atoms with Crippen LogP contribution in [-0.4, -0.2) is 18.0 Å². The summed E-state index contributed by atoms with van der Waals surface area (Å²) in [7, 11) is 1.64. The van der Waals surface area contributed by atoms with E-state index < -0.39 is 0 Å². The van der Waals surface area contributed by atoms with Gasteiger partial charge in [0.1, 0.15) is 10.8 Å². The summed E-state index contributed by atoms with van der Waals surface area (Å²) in [5.41, 5.74) is 2.55. The number of nitrogens with zero attached hydrogens (tertiary/aromatic N) is 1. The minimum absolute atomic E-state index is 0.108. The summed E-state index contributed by atoms with van der Waals surface area (Å²) in [4.78, 5) is 16.7. The Kier molecular flexibility index (Phi) is 5.27. The normalized spacial score (nSPS) is 10.4. The van der Waals surface area contributed by atoms with E-state index in [4.69, 9.17) is 4.74 Å². The van der Waals surface area contributed by atoms with E-state index in [9.17, 15) is 4.79 Å². The van der Waals surface area contributed by atoms with E-state index in [1.165, 1.54) is 11.3 Å². The van der Waals surface area contributed by atoms with Crippen LogP contribution in [0.25, 0.3) is 11.3 Å². The second kappa shape index (κ2) is 7.59. The minimum Gasteiger partial charge on any atom is -0.497 e. The van der Waals surface area contributed by atoms with Crippen molar-refractivity contribution < 1.29 is 9.53 Å². The molecule has 0 fully saturated rings. The van der Waals surface area contributed by atoms with Gasteiger partial charge in [0.2, 0.25) is 0 Å². The lowest BCUT2D eigenvalue weighted by Gasteiger charge is -2.03. The molecule has 0 aliphatic rings. The molecule has 6 heteroatoms. The summed E-state index contributed by atoms with van der Waals surface area (Å²) < 4.78 is 6.10. The van der Waals surface area contributed by atoms with E-state index >= 15 is 0 Å². The lowest BCUT2D eigenvalue weighted by Crippen LogP contribution is -2.22. The highest BCUT2D eigenvalue weighted by Crippen LogP contribution is 2.24. The average molecular weight is 403 g/mol. The molecule has 0 unspecified atom stereocenters. The van der Waals surface area contributed by atoms with Crippen molar-refractivity contribution in [1.82, 2.24) is 10.3 Å². The molecule has 0 saturated heterocycles. The van der Waals surface area contributed by atoms with Gasteiger partial charge in [-0.2, -0.15) is 0 Å². The number of ether oxygens (including phenoxy) is 1. The number of hydrogen-bond acceptors (Lipinski definition) is 4. The molecule has 2 aromatic carbocycles. The average Bonchev–Trinajstić information content (AvgIpc) is 3.09. The van der Waals surface area contributed by atoms with Crippen LogP contribution in [0.4, 0.5) is 0 Å². The number of methoxy groups -OCH3 is 1. The van der Waals surface area contributed by atoms with Crippen LogP contribution in [0.1, 0.15) is 15.4 Å². The molecule has 0 saturated carbocycles. The summed E-state index contributed by atoms with van der Waals surface area (Å²) in [6.07, 6.45) is 0. The SMILES string of the molecule is COc1ccc(-c2csc(CNC(=O)c3ccc(Br)cc3)n2)cc1. The van der Waals surface area contributed by atoms with Gasteiger partial charge in [-0.3, -0.25) is 4.79 Å². The first-order valence-corrected chi connectivity index (χ1v) is 8.95. The maximum absolute atomic E-state index is 12.1. The van der Waals surface area contributed by atoms with Gasteiger partial charge in [0.05, 0.1) is 19.3 Å². The third kappa shape index (κ3) is 4.01. The van der Waals surface area contributed by atoms with Crippen LogP contribution in [0.3, 0.4) is 0 Å². The van der Waals surface area contributed by atoms with Gasteiger partial charge in [0.15, 0.2) is 0 Å². The highest BCUT2D eigenvalue weighted by molar-refractivity contribution is 9.10. The first-order valence-electron chi connectivity index (χ1n) is 7.28. The van der Waals surface area contributed by atoms with Crippen LogP contribution in [0.2, 0.25) is 0 Å². The van der Waals surface area contributed by atoms with Gasteiger partial charge in [-0.25, -0.2) is 4.98 Å². The molecule has 1 N–H and O–H groups in total. The Morgan fingerprint density at radius 3 is 2.54 bits per heavy atom. The highest BCUT2D eigenvalue weighted by Gasteiger charge is 2.08. The fourth-order valence-corrected chi connectivity index (χ4v) is 3.15. The zero-order valence-electron chi connectivity index (χ0n) is 13.0. The van der Waals surface area contributed by atoms with Gasteiger partial charge in [0, 0.05) is 21.0 Å². The quantitative estimate of drug-likeness (QED) is 0.682. The van der Waals surface area contributed by atoms with Crippen molar-refractivity contribution in [3.8, 4) is 17.0 Å². The van der Waals surface area contributed by atoms with Crippen LogP contribution in [0.5, 0.6) is 5.75 Å². The molecular weight excluding hydrogens is 388 g/mol. The summed E-state index contributed by atoms with van der Waals surface area (Å²) in [5, 5.41) is 5.75. The number of benzene rings is 2. The van der Waals surface area contributed by atoms with Crippen LogP contribution in [0.15, 0.2) is 58.4 Å². The Hall–Kier alpha value is -2.18. The zero-order chi connectivity index (χ0) is 16.9. The van der Waals surface area contributed by atoms with Crippen LogP contribution in [0, 0.1) is 0 Å². The summed E-state index contributed by atoms with van der Waals surface area (Å²) in [5.74, 6) is 0.708. The second-order valence-electron chi connectivity index (χ2n) is 5.04. The van der Waals surface area contributed by atoms with E-state index in [1.807, 2.05) is 41.8 Å². The number of aromatic nitrogens is 1. The van der Waals surface area contributed by atoms with Gasteiger partial charge in [-0.15, -0.1) is 11.3 Å². The molecular formula is C18H15BrN2O2S. The smallest absolute Gasteiger partial charge is 0.251 e. The number of nitrogens with one attached hydrogen (secondary N) is 1. The van der Waals surface area contributed by atoms with Crippen molar-refractivity contribution in [2.24, 2.45) is 0 Å². The third-order valence-corrected chi connectivity index (χ3v) is 4.82. The molecule has 122 valence electrons. The second-order valence-corrected chi connectivity index (χ2v) is 6.90. The molecule has 3 rings (SSSR count). The molecule has 1 aromatic heterocycles. The van der Waals surface area contributed by atoms with E-state index in [-0.39, 0.29) is 5.91 Å². The number of rotatable bonds is 5. The molecule has 0 atom stereocenters. The molecule has 0 aliphatic carbocycles. The molecule has 3 aromatic rings. The van der Waals surface area contributed by atoms with Crippen LogP contribution < -0.4 is 10.1 Å². The van der Waals surface area contributed by atoms with Crippen molar-refractivity contribution in [3.05, 3.63) is 69.0 Å². The van der Waals surface area contributed by atoms with Gasteiger partial charge < -0.3 is 10.1 Å². The standard InChI is InChI=1S/C18H15BrN2O2S/c1-23-15-8-4-12(5-9-15)16-11-24-17(21-16)10-20-18(22)13-2-6-14(19)7-3-13/h2-9,11H,10H2,1H3,(H,20,22). The number of halogens is 1. The number of thiazole rings is 1. The molecule has 0 aliphatic heterocycles. The van der Waals surface area contributed by atoms with Crippen LogP contribution >= 0.6 is 27.3 Å². The summed E-state index contributed by atoms with van der Waals surface area (Å²) in [6.45, 7) is 0.412. The molecule has 1 heterocycles. The third-order valence-electron chi connectivity index (χ3n) is 3.44. The Morgan fingerprint density at radius 2 is 1.88 bits per heavy atom. The maximum atomic E-state index is 12.1. The number of amides is 1. The molecule has 4 nitrogen and oxygen atoms in total. The fourth-order valence-electron chi connectivity index (χ4n) is 2.15. The largest absolute Gasteiger partial charge is 0.497 e. The van der Waals surface area contributed by atoms with Gasteiger partial charge in [-0.05, 0) is 48.5 Å². The molecule has 1 amide bonds. The predicted molar refractivity (Wildman–Crippen MR) is 99.4 cm³/mol. The lowest BCUT2D eigenvalue weighted by atomic mass is 10.2. The summed E-state index contributed by atoms with van der Waals surface area (Å²) >= 11 is 4.89. The van der Waals surface area contributed by atoms with E-state index in [2.05, 4.69) is 26.2 Å². The van der Waals surface area contributed by atoms with Crippen molar-refractivity contribution in [2.75, 3.05) is 7.11 Å².